The SMILES string of the molecule is CC(C)(C)C(O)CC(O)C(C)(C)C.Cc1[c-]c(-c2nc3cc(C)cc(C)c3cc2C)c(C)c(C)c1.[Ir]. The molecule has 4 heteroatoms. The number of hydrogen-bond acceptors (Lipinski definition) is 3. The van der Waals surface area contributed by atoms with E-state index in [1.807, 2.05) is 41.5 Å². The summed E-state index contributed by atoms with van der Waals surface area (Å²) in [7, 11) is 0. The predicted molar refractivity (Wildman–Crippen MR) is 150 cm³/mol. The molecule has 0 saturated carbocycles. The Morgan fingerprint density at radius 3 is 1.78 bits per heavy atom. The van der Waals surface area contributed by atoms with Gasteiger partial charge in [0.2, 0.25) is 0 Å². The second-order valence-corrected chi connectivity index (χ2v) is 12.4. The molecule has 0 saturated heterocycles. The Kier molecular flexibility index (Phi) is 11.1. The van der Waals surface area contributed by atoms with Crippen LogP contribution in [0.15, 0.2) is 24.3 Å². The van der Waals surface area contributed by atoms with E-state index in [4.69, 9.17) is 4.98 Å². The Morgan fingerprint density at radius 1 is 0.750 bits per heavy atom. The van der Waals surface area contributed by atoms with Crippen molar-refractivity contribution >= 4 is 10.9 Å². The summed E-state index contributed by atoms with van der Waals surface area (Å²) < 4.78 is 0. The van der Waals surface area contributed by atoms with Crippen LogP contribution in [0, 0.1) is 58.4 Å². The first-order valence-electron chi connectivity index (χ1n) is 12.7. The minimum absolute atomic E-state index is 0. The van der Waals surface area contributed by atoms with Crippen molar-refractivity contribution in [2.45, 2.75) is 102 Å². The number of aryl methyl sites for hydroxylation is 5. The van der Waals surface area contributed by atoms with Gasteiger partial charge in [0.1, 0.15) is 0 Å². The van der Waals surface area contributed by atoms with Crippen molar-refractivity contribution in [2.24, 2.45) is 10.8 Å². The van der Waals surface area contributed by atoms with Gasteiger partial charge in [0.25, 0.3) is 0 Å². The molecule has 0 fully saturated rings. The second-order valence-electron chi connectivity index (χ2n) is 12.4. The minimum atomic E-state index is -0.443. The Balaban J connectivity index is 0.000000402. The molecule has 2 N–H and O–H groups in total. The monoisotopic (exact) mass is 669 g/mol. The van der Waals surface area contributed by atoms with Crippen LogP contribution in [-0.2, 0) is 20.1 Å². The Labute approximate surface area is 233 Å². The average molecular weight is 669 g/mol. The summed E-state index contributed by atoms with van der Waals surface area (Å²) in [6.07, 6.45) is -0.434. The normalized spacial score (nSPS) is 13.5. The topological polar surface area (TPSA) is 53.4 Å². The quantitative estimate of drug-likeness (QED) is 0.281. The number of aliphatic hydroxyl groups is 2. The van der Waals surface area contributed by atoms with Gasteiger partial charge in [-0.3, -0.25) is 4.98 Å². The van der Waals surface area contributed by atoms with E-state index in [-0.39, 0.29) is 30.9 Å². The zero-order chi connectivity index (χ0) is 26.9. The number of aliphatic hydroxyl groups excluding tert-OH is 2. The fraction of sp³-hybridized carbons (Fsp3) is 0.531. The first kappa shape index (κ1) is 32.4. The number of aromatic nitrogens is 1. The molecule has 3 rings (SSSR count). The predicted octanol–water partition coefficient (Wildman–Crippen LogP) is 7.74. The molecule has 2 unspecified atom stereocenters. The molecule has 36 heavy (non-hydrogen) atoms. The van der Waals surface area contributed by atoms with Crippen molar-refractivity contribution in [3.63, 3.8) is 0 Å². The maximum atomic E-state index is 9.76. The van der Waals surface area contributed by atoms with Gasteiger partial charge in [0, 0.05) is 31.9 Å². The number of rotatable bonds is 3. The standard InChI is InChI=1S/C21H22N.C11H24O2.Ir/c1-12-7-14(3)17(6)19(9-12)21-16(5)11-18-15(4)8-13(2)10-20(18)22-21;1-10(2,3)8(12)7-9(13)11(4,5)6;/h7-8,10-11H,1-6H3;8-9,12-13H,7H2,1-6H3;/q-1;;. The van der Waals surface area contributed by atoms with Gasteiger partial charge in [-0.15, -0.1) is 34.4 Å². The second kappa shape index (κ2) is 12.3. The molecule has 201 valence electrons. The number of fused-ring (bicyclic) bond motifs is 1. The van der Waals surface area contributed by atoms with Crippen LogP contribution in [0.25, 0.3) is 22.2 Å². The van der Waals surface area contributed by atoms with E-state index in [1.165, 1.54) is 38.8 Å². The summed E-state index contributed by atoms with van der Waals surface area (Å²) >= 11 is 0. The largest absolute Gasteiger partial charge is 0.392 e. The molecule has 0 spiro atoms. The Hall–Kier alpha value is -1.58. The fourth-order valence-electron chi connectivity index (χ4n) is 4.10. The average Bonchev–Trinajstić information content (AvgIpc) is 2.70. The van der Waals surface area contributed by atoms with Crippen molar-refractivity contribution in [1.82, 2.24) is 4.98 Å². The van der Waals surface area contributed by atoms with Crippen LogP contribution in [-0.4, -0.2) is 27.4 Å². The van der Waals surface area contributed by atoms with Crippen LogP contribution in [0.1, 0.15) is 81.3 Å². The summed E-state index contributed by atoms with van der Waals surface area (Å²) in [5.74, 6) is 0. The molecule has 2 atom stereocenters. The van der Waals surface area contributed by atoms with E-state index >= 15 is 0 Å². The molecule has 1 aromatic heterocycles. The van der Waals surface area contributed by atoms with E-state index in [9.17, 15) is 10.2 Å². The molecule has 0 aliphatic rings. The van der Waals surface area contributed by atoms with Gasteiger partial charge in [-0.2, -0.15) is 0 Å². The van der Waals surface area contributed by atoms with E-state index in [0.717, 1.165) is 16.8 Å². The van der Waals surface area contributed by atoms with Gasteiger partial charge in [-0.05, 0) is 54.5 Å². The van der Waals surface area contributed by atoms with Crippen LogP contribution in [0.5, 0.6) is 0 Å². The molecule has 0 aliphatic carbocycles. The third-order valence-electron chi connectivity index (χ3n) is 6.88. The summed E-state index contributed by atoms with van der Waals surface area (Å²) in [5.41, 5.74) is 10.5. The summed E-state index contributed by atoms with van der Waals surface area (Å²) in [4.78, 5) is 4.98. The van der Waals surface area contributed by atoms with Gasteiger partial charge in [0.05, 0.1) is 17.7 Å². The minimum Gasteiger partial charge on any atom is -0.392 e. The molecular formula is C32H46IrNO2-. The van der Waals surface area contributed by atoms with Crippen molar-refractivity contribution in [1.29, 1.82) is 0 Å². The van der Waals surface area contributed by atoms with Gasteiger partial charge < -0.3 is 10.2 Å². The number of pyridine rings is 1. The zero-order valence-electron chi connectivity index (χ0n) is 24.3. The van der Waals surface area contributed by atoms with Crippen LogP contribution in [0.3, 0.4) is 0 Å². The molecule has 3 aromatic rings. The first-order chi connectivity index (χ1) is 15.9. The van der Waals surface area contributed by atoms with Crippen LogP contribution < -0.4 is 0 Å². The van der Waals surface area contributed by atoms with E-state index < -0.39 is 12.2 Å². The first-order valence-corrected chi connectivity index (χ1v) is 12.7. The Bertz CT molecular complexity index is 1170. The molecule has 0 amide bonds. The van der Waals surface area contributed by atoms with Gasteiger partial charge in [-0.1, -0.05) is 80.0 Å². The molecular weight excluding hydrogens is 623 g/mol. The van der Waals surface area contributed by atoms with Crippen molar-refractivity contribution in [3.05, 3.63) is 63.7 Å². The van der Waals surface area contributed by atoms with Crippen molar-refractivity contribution < 1.29 is 30.3 Å². The summed E-state index contributed by atoms with van der Waals surface area (Å²) in [6, 6.07) is 12.3. The molecule has 0 bridgehead atoms. The third kappa shape index (κ3) is 8.21. The van der Waals surface area contributed by atoms with Gasteiger partial charge in [0.15, 0.2) is 0 Å². The van der Waals surface area contributed by atoms with E-state index in [1.54, 1.807) is 0 Å². The number of benzene rings is 2. The Morgan fingerprint density at radius 2 is 1.28 bits per heavy atom. The van der Waals surface area contributed by atoms with E-state index in [2.05, 4.69) is 71.9 Å². The molecule has 1 heterocycles. The number of hydrogen-bond donors (Lipinski definition) is 2. The summed E-state index contributed by atoms with van der Waals surface area (Å²) in [6.45, 7) is 24.7. The summed E-state index contributed by atoms with van der Waals surface area (Å²) in [5, 5.41) is 20.8. The maximum Gasteiger partial charge on any atom is 0.0613 e. The van der Waals surface area contributed by atoms with Crippen LogP contribution in [0.2, 0.25) is 0 Å². The number of nitrogens with zero attached hydrogens (tertiary/aromatic N) is 1. The molecule has 3 nitrogen and oxygen atoms in total. The molecule has 0 aliphatic heterocycles. The smallest absolute Gasteiger partial charge is 0.0613 e. The van der Waals surface area contributed by atoms with Crippen molar-refractivity contribution in [3.8, 4) is 11.3 Å². The zero-order valence-corrected chi connectivity index (χ0v) is 26.7. The van der Waals surface area contributed by atoms with Gasteiger partial charge in [-0.25, -0.2) is 0 Å². The molecule has 2 aromatic carbocycles. The van der Waals surface area contributed by atoms with Crippen LogP contribution in [0.4, 0.5) is 0 Å². The fourth-order valence-corrected chi connectivity index (χ4v) is 4.10. The third-order valence-corrected chi connectivity index (χ3v) is 6.88. The molecule has 1 radical (unpaired) electrons. The van der Waals surface area contributed by atoms with Crippen molar-refractivity contribution in [2.75, 3.05) is 0 Å². The maximum absolute atomic E-state index is 9.76. The van der Waals surface area contributed by atoms with Crippen LogP contribution >= 0.6 is 0 Å². The van der Waals surface area contributed by atoms with E-state index in [0.29, 0.717) is 6.42 Å². The van der Waals surface area contributed by atoms with Gasteiger partial charge >= 0.3 is 0 Å².